The summed E-state index contributed by atoms with van der Waals surface area (Å²) in [6.45, 7) is 0.366. The van der Waals surface area contributed by atoms with Crippen molar-refractivity contribution in [1.29, 1.82) is 0 Å². The summed E-state index contributed by atoms with van der Waals surface area (Å²) in [4.78, 5) is 19.6. The molecule has 0 aromatic rings. The molecule has 0 saturated carbocycles. The van der Waals surface area contributed by atoms with Crippen LogP contribution in [0.3, 0.4) is 0 Å². The lowest BCUT2D eigenvalue weighted by atomic mass is 10.2. The Morgan fingerprint density at radius 3 is 2.82 bits per heavy atom. The highest BCUT2D eigenvalue weighted by molar-refractivity contribution is 5.72. The number of rotatable bonds is 6. The molecular weight excluding hydrogens is 150 g/mol. The van der Waals surface area contributed by atoms with E-state index in [0.717, 1.165) is 0 Å². The van der Waals surface area contributed by atoms with Crippen molar-refractivity contribution in [3.8, 4) is 0 Å². The van der Waals surface area contributed by atoms with Crippen molar-refractivity contribution in [3.63, 3.8) is 0 Å². The summed E-state index contributed by atoms with van der Waals surface area (Å²) in [6, 6.07) is -0.844. The molecule has 0 aromatic carbocycles. The molecule has 11 heavy (non-hydrogen) atoms. The van der Waals surface area contributed by atoms with Gasteiger partial charge in [0, 0.05) is 11.8 Å². The quantitative estimate of drug-likeness (QED) is 0.275. The number of hydrogen-bond acceptors (Lipinski definition) is 4. The molecule has 0 aromatic heterocycles. The Bertz CT molecular complexity index is 139. The third kappa shape index (κ3) is 5.28. The summed E-state index contributed by atoms with van der Waals surface area (Å²) in [5, 5.41) is 10.7. The maximum absolute atomic E-state index is 10.1. The molecule has 0 rings (SSSR count). The molecule has 6 nitrogen and oxygen atoms in total. The molecule has 0 fully saturated rings. The van der Waals surface area contributed by atoms with E-state index in [4.69, 9.17) is 10.8 Å². The van der Waals surface area contributed by atoms with E-state index in [1.54, 1.807) is 0 Å². The number of carboxylic acids is 1. The molecule has 0 amide bonds. The Balaban J connectivity index is 3.24. The minimum Gasteiger partial charge on any atom is -0.480 e. The van der Waals surface area contributed by atoms with Crippen LogP contribution in [0.5, 0.6) is 0 Å². The third-order valence-corrected chi connectivity index (χ3v) is 1.19. The topological polar surface area (TPSA) is 105 Å². The smallest absolute Gasteiger partial charge is 0.320 e. The van der Waals surface area contributed by atoms with E-state index in [1.165, 1.54) is 0 Å². The fourth-order valence-electron chi connectivity index (χ4n) is 0.570. The number of nitrogens with zero attached hydrogens (tertiary/aromatic N) is 1. The Hall–Kier alpha value is -1.17. The summed E-state index contributed by atoms with van der Waals surface area (Å²) in [5.74, 6) is -1.02. The highest BCUT2D eigenvalue weighted by atomic mass is 16.4. The van der Waals surface area contributed by atoms with Crippen molar-refractivity contribution in [2.75, 3.05) is 6.54 Å². The van der Waals surface area contributed by atoms with Gasteiger partial charge >= 0.3 is 5.97 Å². The fourth-order valence-corrected chi connectivity index (χ4v) is 0.570. The summed E-state index contributed by atoms with van der Waals surface area (Å²) in [6.07, 6.45) is 0.872. The molecule has 0 bridgehead atoms. The van der Waals surface area contributed by atoms with Crippen LogP contribution in [0.15, 0.2) is 5.29 Å². The van der Waals surface area contributed by atoms with Crippen molar-refractivity contribution in [2.24, 2.45) is 11.0 Å². The lowest BCUT2D eigenvalue weighted by Gasteiger charge is -2.03. The molecule has 6 heteroatoms. The maximum Gasteiger partial charge on any atom is 0.320 e. The number of aliphatic carboxylic acids is 1. The summed E-state index contributed by atoms with van der Waals surface area (Å²) in [5.41, 5.74) is 7.33. The van der Waals surface area contributed by atoms with Crippen molar-refractivity contribution >= 4 is 5.97 Å². The molecule has 0 aliphatic heterocycles. The first-order valence-electron chi connectivity index (χ1n) is 3.22. The minimum absolute atomic E-state index is 0.345. The number of nitrogens with two attached hydrogens (primary N) is 1. The zero-order chi connectivity index (χ0) is 8.69. The standard InChI is InChI=1S/C5H11N3O3/c6-4(5(9)10)2-1-3-7-8-11/h4H,1-3,6H2,(H,7,11)(H,9,10). The Morgan fingerprint density at radius 2 is 2.36 bits per heavy atom. The zero-order valence-electron chi connectivity index (χ0n) is 5.99. The monoisotopic (exact) mass is 161 g/mol. The summed E-state index contributed by atoms with van der Waals surface area (Å²) >= 11 is 0. The van der Waals surface area contributed by atoms with Gasteiger partial charge in [0.2, 0.25) is 0 Å². The Kier molecular flexibility index (Phi) is 5.01. The van der Waals surface area contributed by atoms with Crippen LogP contribution in [-0.4, -0.2) is 23.7 Å². The van der Waals surface area contributed by atoms with Gasteiger partial charge in [-0.05, 0) is 12.8 Å². The normalized spacial score (nSPS) is 12.1. The minimum atomic E-state index is -1.02. The van der Waals surface area contributed by atoms with Gasteiger partial charge in [0.25, 0.3) is 0 Å². The molecule has 0 spiro atoms. The van der Waals surface area contributed by atoms with Gasteiger partial charge in [-0.3, -0.25) is 10.2 Å². The first kappa shape index (κ1) is 9.83. The Labute approximate surface area is 63.7 Å². The number of hydrogen-bond donors (Lipinski definition) is 3. The first-order valence-corrected chi connectivity index (χ1v) is 3.22. The van der Waals surface area contributed by atoms with E-state index < -0.39 is 12.0 Å². The van der Waals surface area contributed by atoms with Gasteiger partial charge in [-0.1, -0.05) is 0 Å². The van der Waals surface area contributed by atoms with E-state index in [1.807, 2.05) is 0 Å². The van der Waals surface area contributed by atoms with Crippen LogP contribution in [0.25, 0.3) is 0 Å². The molecule has 0 saturated heterocycles. The van der Waals surface area contributed by atoms with Gasteiger partial charge in [-0.25, -0.2) is 0 Å². The zero-order valence-corrected chi connectivity index (χ0v) is 5.99. The number of nitroso groups, excluding NO2 is 1. The Morgan fingerprint density at radius 1 is 1.73 bits per heavy atom. The predicted octanol–water partition coefficient (Wildman–Crippen LogP) is -0.550. The van der Waals surface area contributed by atoms with Crippen LogP contribution >= 0.6 is 0 Å². The van der Waals surface area contributed by atoms with E-state index in [9.17, 15) is 9.70 Å². The molecular formula is C5H11N3O3. The van der Waals surface area contributed by atoms with Crippen molar-refractivity contribution in [1.82, 2.24) is 5.43 Å². The molecule has 0 aliphatic rings. The van der Waals surface area contributed by atoms with Crippen molar-refractivity contribution < 1.29 is 9.90 Å². The van der Waals surface area contributed by atoms with Crippen LogP contribution in [0, 0.1) is 4.91 Å². The van der Waals surface area contributed by atoms with E-state index in [-0.39, 0.29) is 0 Å². The first-order chi connectivity index (χ1) is 5.18. The highest BCUT2D eigenvalue weighted by Gasteiger charge is 2.09. The second kappa shape index (κ2) is 5.60. The molecule has 0 heterocycles. The molecule has 1 atom stereocenters. The molecule has 0 radical (unpaired) electrons. The maximum atomic E-state index is 10.1. The van der Waals surface area contributed by atoms with Gasteiger partial charge in [-0.15, -0.1) is 4.91 Å². The second-order valence-electron chi connectivity index (χ2n) is 2.09. The number of carbonyl (C=O) groups is 1. The van der Waals surface area contributed by atoms with E-state index in [2.05, 4.69) is 10.7 Å². The van der Waals surface area contributed by atoms with E-state index in [0.29, 0.717) is 19.4 Å². The molecule has 64 valence electrons. The summed E-state index contributed by atoms with van der Waals surface area (Å²) in [7, 11) is 0. The summed E-state index contributed by atoms with van der Waals surface area (Å²) < 4.78 is 0. The second-order valence-corrected chi connectivity index (χ2v) is 2.09. The van der Waals surface area contributed by atoms with Crippen LogP contribution in [0.4, 0.5) is 0 Å². The average Bonchev–Trinajstić information content (AvgIpc) is 1.97. The number of nitrogens with one attached hydrogen (secondary N) is 1. The fraction of sp³-hybridized carbons (Fsp3) is 0.800. The third-order valence-electron chi connectivity index (χ3n) is 1.19. The number of carboxylic acid groups (broad SMARTS) is 1. The SMILES string of the molecule is NC(CCCNN=O)C(=O)O. The van der Waals surface area contributed by atoms with E-state index >= 15 is 0 Å². The lowest BCUT2D eigenvalue weighted by Crippen LogP contribution is -2.30. The van der Waals surface area contributed by atoms with Crippen LogP contribution < -0.4 is 11.2 Å². The van der Waals surface area contributed by atoms with Crippen molar-refractivity contribution in [3.05, 3.63) is 4.91 Å². The van der Waals surface area contributed by atoms with Crippen LogP contribution in [0.1, 0.15) is 12.8 Å². The van der Waals surface area contributed by atoms with Crippen LogP contribution in [0.2, 0.25) is 0 Å². The molecule has 0 aliphatic carbocycles. The molecule has 4 N–H and O–H groups in total. The van der Waals surface area contributed by atoms with Gasteiger partial charge < -0.3 is 10.8 Å². The average molecular weight is 161 g/mol. The van der Waals surface area contributed by atoms with Gasteiger partial charge in [0.15, 0.2) is 0 Å². The van der Waals surface area contributed by atoms with Crippen LogP contribution in [-0.2, 0) is 4.79 Å². The highest BCUT2D eigenvalue weighted by Crippen LogP contribution is 1.92. The lowest BCUT2D eigenvalue weighted by molar-refractivity contribution is -0.138. The van der Waals surface area contributed by atoms with Gasteiger partial charge in [-0.2, -0.15) is 0 Å². The van der Waals surface area contributed by atoms with Gasteiger partial charge in [0.1, 0.15) is 6.04 Å². The van der Waals surface area contributed by atoms with Crippen molar-refractivity contribution in [2.45, 2.75) is 18.9 Å². The largest absolute Gasteiger partial charge is 0.480 e. The van der Waals surface area contributed by atoms with Gasteiger partial charge in [0.05, 0.1) is 0 Å². The molecule has 1 unspecified atom stereocenters. The predicted molar refractivity (Wildman–Crippen MR) is 38.6 cm³/mol.